The number of anilines is 1. The van der Waals surface area contributed by atoms with E-state index in [1.807, 2.05) is 4.72 Å². The van der Waals surface area contributed by atoms with E-state index < -0.39 is 21.8 Å². The number of hydrogen-bond acceptors (Lipinski definition) is 2. The van der Waals surface area contributed by atoms with Gasteiger partial charge in [0.25, 0.3) is 0 Å². The predicted octanol–water partition coefficient (Wildman–Crippen LogP) is 3.11. The van der Waals surface area contributed by atoms with Crippen molar-refractivity contribution in [3.05, 3.63) is 29.3 Å². The summed E-state index contributed by atoms with van der Waals surface area (Å²) in [4.78, 5) is 0. The van der Waals surface area contributed by atoms with E-state index in [0.29, 0.717) is 0 Å². The number of sulfonamides is 1. The van der Waals surface area contributed by atoms with Crippen molar-refractivity contribution in [2.45, 2.75) is 13.1 Å². The quantitative estimate of drug-likeness (QED) is 0.865. The summed E-state index contributed by atoms with van der Waals surface area (Å²) >= 11 is 2.73. The van der Waals surface area contributed by atoms with Crippen molar-refractivity contribution >= 4 is 31.6 Å². The summed E-state index contributed by atoms with van der Waals surface area (Å²) in [7, 11) is -3.65. The lowest BCUT2D eigenvalue weighted by molar-refractivity contribution is -0.138. The van der Waals surface area contributed by atoms with Crippen LogP contribution in [0.25, 0.3) is 0 Å². The summed E-state index contributed by atoms with van der Waals surface area (Å²) in [6.45, 7) is 1.31. The second kappa shape index (κ2) is 4.85. The number of nitrogens with one attached hydrogen (secondary N) is 1. The molecular weight excluding hydrogens is 323 g/mol. The molecule has 1 rings (SSSR count). The van der Waals surface area contributed by atoms with Crippen molar-refractivity contribution in [1.82, 2.24) is 0 Å². The monoisotopic (exact) mass is 331 g/mol. The molecule has 1 N–H and O–H groups in total. The molecule has 0 radical (unpaired) electrons. The first-order valence-corrected chi connectivity index (χ1v) is 7.17. The van der Waals surface area contributed by atoms with Gasteiger partial charge < -0.3 is 0 Å². The Hall–Kier alpha value is -0.760. The van der Waals surface area contributed by atoms with E-state index in [1.165, 1.54) is 19.1 Å². The van der Waals surface area contributed by atoms with E-state index >= 15 is 0 Å². The van der Waals surface area contributed by atoms with Gasteiger partial charge >= 0.3 is 6.18 Å². The Morgan fingerprint density at radius 2 is 1.94 bits per heavy atom. The van der Waals surface area contributed by atoms with Crippen LogP contribution in [0.3, 0.4) is 0 Å². The zero-order chi connectivity index (χ0) is 13.3. The van der Waals surface area contributed by atoms with Gasteiger partial charge in [0.2, 0.25) is 10.0 Å². The molecule has 0 aromatic heterocycles. The third-order valence-corrected chi connectivity index (χ3v) is 4.60. The normalized spacial score (nSPS) is 12.5. The number of aryl methyl sites for hydroxylation is 1. The molecule has 0 saturated heterocycles. The largest absolute Gasteiger partial charge is 0.416 e. The van der Waals surface area contributed by atoms with Gasteiger partial charge in [-0.15, -0.1) is 0 Å². The minimum Gasteiger partial charge on any atom is -0.283 e. The van der Waals surface area contributed by atoms with Gasteiger partial charge in [-0.05, 0) is 24.6 Å². The van der Waals surface area contributed by atoms with Crippen molar-refractivity contribution in [3.8, 4) is 0 Å². The van der Waals surface area contributed by atoms with Gasteiger partial charge in [-0.1, -0.05) is 22.0 Å². The number of rotatable bonds is 3. The van der Waals surface area contributed by atoms with Crippen LogP contribution in [-0.4, -0.2) is 13.1 Å². The molecule has 17 heavy (non-hydrogen) atoms. The Labute approximate surface area is 105 Å². The van der Waals surface area contributed by atoms with E-state index in [-0.39, 0.29) is 15.9 Å². The maximum absolute atomic E-state index is 12.6. The third-order valence-electron chi connectivity index (χ3n) is 1.96. The van der Waals surface area contributed by atoms with Gasteiger partial charge in [0.1, 0.15) is 4.66 Å². The first kappa shape index (κ1) is 14.3. The smallest absolute Gasteiger partial charge is 0.283 e. The van der Waals surface area contributed by atoms with Crippen molar-refractivity contribution in [2.24, 2.45) is 0 Å². The van der Waals surface area contributed by atoms with Crippen molar-refractivity contribution < 1.29 is 21.6 Å². The Kier molecular flexibility index (Phi) is 4.08. The Bertz CT molecular complexity index is 513. The van der Waals surface area contributed by atoms with E-state index in [4.69, 9.17) is 0 Å². The van der Waals surface area contributed by atoms with E-state index in [9.17, 15) is 21.6 Å². The standard InChI is InChI=1S/C9H9BrF3NO2S/c1-6-2-3-7(14-17(15,16)5-10)4-8(6)9(11,12)13/h2-4,14H,5H2,1H3. The van der Waals surface area contributed by atoms with Crippen molar-refractivity contribution in [1.29, 1.82) is 0 Å². The average Bonchev–Trinajstić information content (AvgIpc) is 2.19. The highest BCUT2D eigenvalue weighted by Gasteiger charge is 2.32. The summed E-state index contributed by atoms with van der Waals surface area (Å²) in [5, 5.41) is 0. The summed E-state index contributed by atoms with van der Waals surface area (Å²) in [6, 6.07) is 3.27. The maximum Gasteiger partial charge on any atom is 0.416 e. The third kappa shape index (κ3) is 3.88. The minimum absolute atomic E-state index is 0.0410. The molecule has 0 heterocycles. The lowest BCUT2D eigenvalue weighted by atomic mass is 10.1. The molecule has 0 aliphatic carbocycles. The molecule has 96 valence electrons. The van der Waals surface area contributed by atoms with Gasteiger partial charge in [-0.2, -0.15) is 13.2 Å². The van der Waals surface area contributed by atoms with Crippen LogP contribution in [0.5, 0.6) is 0 Å². The number of hydrogen-bond donors (Lipinski definition) is 1. The fourth-order valence-electron chi connectivity index (χ4n) is 1.20. The lowest BCUT2D eigenvalue weighted by Crippen LogP contribution is -2.14. The average molecular weight is 332 g/mol. The minimum atomic E-state index is -4.50. The van der Waals surface area contributed by atoms with E-state index in [2.05, 4.69) is 15.9 Å². The fourth-order valence-corrected chi connectivity index (χ4v) is 2.08. The highest BCUT2D eigenvalue weighted by molar-refractivity contribution is 9.10. The molecule has 0 fully saturated rings. The van der Waals surface area contributed by atoms with Gasteiger partial charge in [0.15, 0.2) is 0 Å². The van der Waals surface area contributed by atoms with Gasteiger partial charge in [0, 0.05) is 5.69 Å². The molecule has 0 bridgehead atoms. The lowest BCUT2D eigenvalue weighted by Gasteiger charge is -2.12. The molecule has 0 amide bonds. The maximum atomic E-state index is 12.6. The Balaban J connectivity index is 3.14. The van der Waals surface area contributed by atoms with Crippen LogP contribution in [0.15, 0.2) is 18.2 Å². The number of benzene rings is 1. The number of halogens is 4. The molecule has 8 heteroatoms. The van der Waals surface area contributed by atoms with E-state index in [0.717, 1.165) is 6.07 Å². The number of alkyl halides is 4. The zero-order valence-electron chi connectivity index (χ0n) is 8.68. The Morgan fingerprint density at radius 1 is 1.35 bits per heavy atom. The van der Waals surface area contributed by atoms with Crippen molar-refractivity contribution in [2.75, 3.05) is 9.38 Å². The van der Waals surface area contributed by atoms with E-state index in [1.54, 1.807) is 0 Å². The highest BCUT2D eigenvalue weighted by atomic mass is 79.9. The molecule has 3 nitrogen and oxygen atoms in total. The second-order valence-electron chi connectivity index (χ2n) is 3.35. The molecule has 0 saturated carbocycles. The van der Waals surface area contributed by atoms with Crippen LogP contribution >= 0.6 is 15.9 Å². The van der Waals surface area contributed by atoms with Gasteiger partial charge in [-0.3, -0.25) is 4.72 Å². The molecule has 1 aromatic carbocycles. The molecule has 0 atom stereocenters. The summed E-state index contributed by atoms with van der Waals surface area (Å²) in [5.41, 5.74) is -0.922. The van der Waals surface area contributed by atoms with Crippen LogP contribution in [0.2, 0.25) is 0 Å². The van der Waals surface area contributed by atoms with Gasteiger partial charge in [0.05, 0.1) is 5.56 Å². The molecule has 0 aliphatic heterocycles. The van der Waals surface area contributed by atoms with Crippen LogP contribution in [-0.2, 0) is 16.2 Å². The first-order valence-electron chi connectivity index (χ1n) is 4.40. The predicted molar refractivity (Wildman–Crippen MR) is 62.5 cm³/mol. The SMILES string of the molecule is Cc1ccc(NS(=O)(=O)CBr)cc1C(F)(F)F. The molecule has 1 aromatic rings. The molecule has 0 unspecified atom stereocenters. The molecule has 0 aliphatic rings. The highest BCUT2D eigenvalue weighted by Crippen LogP contribution is 2.33. The fraction of sp³-hybridized carbons (Fsp3) is 0.333. The zero-order valence-corrected chi connectivity index (χ0v) is 11.1. The van der Waals surface area contributed by atoms with Gasteiger partial charge in [-0.25, -0.2) is 8.42 Å². The molecule has 0 spiro atoms. The van der Waals surface area contributed by atoms with Crippen LogP contribution < -0.4 is 4.72 Å². The van der Waals surface area contributed by atoms with Crippen LogP contribution in [0.4, 0.5) is 18.9 Å². The second-order valence-corrected chi connectivity index (χ2v) is 6.38. The van der Waals surface area contributed by atoms with Crippen molar-refractivity contribution in [3.63, 3.8) is 0 Å². The Morgan fingerprint density at radius 3 is 2.41 bits per heavy atom. The summed E-state index contributed by atoms with van der Waals surface area (Å²) < 4.78 is 61.7. The molecular formula is C9H9BrF3NO2S. The summed E-state index contributed by atoms with van der Waals surface area (Å²) in [5.74, 6) is 0. The topological polar surface area (TPSA) is 46.2 Å². The first-order chi connectivity index (χ1) is 7.65. The van der Waals surface area contributed by atoms with Crippen LogP contribution in [0, 0.1) is 6.92 Å². The van der Waals surface area contributed by atoms with Crippen LogP contribution in [0.1, 0.15) is 11.1 Å². The summed E-state index contributed by atoms with van der Waals surface area (Å²) in [6.07, 6.45) is -4.50.